The Morgan fingerprint density at radius 1 is 1.20 bits per heavy atom. The predicted octanol–water partition coefficient (Wildman–Crippen LogP) is 3.47. The summed E-state index contributed by atoms with van der Waals surface area (Å²) in [5, 5.41) is 23.6. The second-order valence-electron chi connectivity index (χ2n) is 6.62. The summed E-state index contributed by atoms with van der Waals surface area (Å²) in [7, 11) is 0. The lowest BCUT2D eigenvalue weighted by Crippen LogP contribution is -2.30. The van der Waals surface area contributed by atoms with Crippen LogP contribution >= 0.6 is 11.3 Å². The predicted molar refractivity (Wildman–Crippen MR) is 114 cm³/mol. The summed E-state index contributed by atoms with van der Waals surface area (Å²) >= 11 is 1.40. The molecule has 1 atom stereocenters. The zero-order valence-electron chi connectivity index (χ0n) is 15.7. The molecule has 2 aromatic carbocycles. The van der Waals surface area contributed by atoms with Gasteiger partial charge in [0.1, 0.15) is 23.3 Å². The number of aliphatic hydroxyl groups is 1. The van der Waals surface area contributed by atoms with Crippen molar-refractivity contribution in [1.29, 1.82) is 0 Å². The number of fused-ring (bicyclic) bond motifs is 1. The molecule has 2 heterocycles. The topological polar surface area (TPSA) is 107 Å². The maximum atomic E-state index is 13.0. The lowest BCUT2D eigenvalue weighted by molar-refractivity contribution is -0.384. The Hall–Kier alpha value is -3.56. The first kappa shape index (κ1) is 19.7. The fourth-order valence-corrected chi connectivity index (χ4v) is 3.99. The molecule has 0 amide bonds. The number of non-ortho nitro benzene ring substituents is 1. The Kier molecular flexibility index (Phi) is 5.55. The summed E-state index contributed by atoms with van der Waals surface area (Å²) in [5.41, 5.74) is 1.40. The largest absolute Gasteiger partial charge is 0.491 e. The lowest BCUT2D eigenvalue weighted by Gasteiger charge is -2.14. The Morgan fingerprint density at radius 2 is 2.00 bits per heavy atom. The molecule has 4 rings (SSSR count). The third kappa shape index (κ3) is 4.07. The van der Waals surface area contributed by atoms with E-state index in [0.717, 1.165) is 11.1 Å². The zero-order valence-corrected chi connectivity index (χ0v) is 16.5. The third-order valence-electron chi connectivity index (χ3n) is 4.52. The van der Waals surface area contributed by atoms with Gasteiger partial charge in [-0.15, -0.1) is 11.3 Å². The Morgan fingerprint density at radius 3 is 2.77 bits per heavy atom. The first-order chi connectivity index (χ1) is 14.5. The van der Waals surface area contributed by atoms with Gasteiger partial charge in [0.15, 0.2) is 0 Å². The van der Waals surface area contributed by atoms with Crippen LogP contribution in [0.5, 0.6) is 5.75 Å². The second kappa shape index (κ2) is 8.44. The van der Waals surface area contributed by atoms with Crippen molar-refractivity contribution >= 4 is 27.2 Å². The van der Waals surface area contributed by atoms with Crippen LogP contribution in [0.4, 0.5) is 5.69 Å². The van der Waals surface area contributed by atoms with Gasteiger partial charge < -0.3 is 9.84 Å². The number of aromatic nitrogens is 2. The molecule has 4 aromatic rings. The van der Waals surface area contributed by atoms with Crippen molar-refractivity contribution in [1.82, 2.24) is 9.55 Å². The molecule has 1 N–H and O–H groups in total. The van der Waals surface area contributed by atoms with E-state index in [2.05, 4.69) is 4.98 Å². The molecule has 152 valence electrons. The summed E-state index contributed by atoms with van der Waals surface area (Å²) in [4.78, 5) is 28.3. The van der Waals surface area contributed by atoms with Crippen LogP contribution in [0.15, 0.2) is 71.1 Å². The molecule has 9 heteroatoms. The van der Waals surface area contributed by atoms with E-state index >= 15 is 0 Å². The highest BCUT2D eigenvalue weighted by atomic mass is 32.1. The van der Waals surface area contributed by atoms with E-state index in [1.165, 1.54) is 40.4 Å². The fraction of sp³-hybridized carbons (Fsp3) is 0.143. The van der Waals surface area contributed by atoms with E-state index in [0.29, 0.717) is 10.2 Å². The molecule has 8 nitrogen and oxygen atoms in total. The summed E-state index contributed by atoms with van der Waals surface area (Å²) < 4.78 is 6.80. The van der Waals surface area contributed by atoms with E-state index in [9.17, 15) is 20.0 Å². The van der Waals surface area contributed by atoms with Crippen LogP contribution in [-0.2, 0) is 6.54 Å². The SMILES string of the molecule is O=c1c2c(-c3ccccc3)csc2ncn1C[C@@H](O)COc1cccc([N+](=O)[O-])c1. The maximum Gasteiger partial charge on any atom is 0.273 e. The average molecular weight is 423 g/mol. The van der Waals surface area contributed by atoms with Gasteiger partial charge in [-0.1, -0.05) is 36.4 Å². The Bertz CT molecular complexity index is 1250. The van der Waals surface area contributed by atoms with Crippen molar-refractivity contribution < 1.29 is 14.8 Å². The van der Waals surface area contributed by atoms with Gasteiger partial charge in [0.25, 0.3) is 11.2 Å². The van der Waals surface area contributed by atoms with Crippen LogP contribution in [0.3, 0.4) is 0 Å². The molecule has 0 unspecified atom stereocenters. The van der Waals surface area contributed by atoms with Gasteiger partial charge >= 0.3 is 0 Å². The molecule has 0 saturated heterocycles. The normalized spacial score (nSPS) is 12.0. The first-order valence-corrected chi connectivity index (χ1v) is 9.98. The monoisotopic (exact) mass is 423 g/mol. The molecule has 30 heavy (non-hydrogen) atoms. The maximum absolute atomic E-state index is 13.0. The van der Waals surface area contributed by atoms with Gasteiger partial charge in [-0.25, -0.2) is 4.98 Å². The Balaban J connectivity index is 1.52. The van der Waals surface area contributed by atoms with Crippen LogP contribution in [0.1, 0.15) is 0 Å². The number of nitro benzene ring substituents is 1. The number of benzene rings is 2. The minimum Gasteiger partial charge on any atom is -0.491 e. The minimum absolute atomic E-state index is 0.0131. The smallest absolute Gasteiger partial charge is 0.273 e. The van der Waals surface area contributed by atoms with Crippen molar-refractivity contribution in [3.05, 3.63) is 86.8 Å². The molecule has 0 aliphatic rings. The van der Waals surface area contributed by atoms with Crippen molar-refractivity contribution in [3.63, 3.8) is 0 Å². The van der Waals surface area contributed by atoms with Crippen molar-refractivity contribution in [3.8, 4) is 16.9 Å². The summed E-state index contributed by atoms with van der Waals surface area (Å²) in [5.74, 6) is 0.272. The highest BCUT2D eigenvalue weighted by Crippen LogP contribution is 2.30. The summed E-state index contributed by atoms with van der Waals surface area (Å²) in [6.07, 6.45) is 0.409. The van der Waals surface area contributed by atoms with E-state index in [1.807, 2.05) is 35.7 Å². The molecule has 0 aliphatic carbocycles. The number of nitro groups is 1. The van der Waals surface area contributed by atoms with Crippen LogP contribution < -0.4 is 10.3 Å². The highest BCUT2D eigenvalue weighted by molar-refractivity contribution is 7.17. The highest BCUT2D eigenvalue weighted by Gasteiger charge is 2.15. The Labute approximate surface area is 174 Å². The van der Waals surface area contributed by atoms with Gasteiger partial charge in [0.2, 0.25) is 0 Å². The number of hydrogen-bond donors (Lipinski definition) is 1. The molecule has 0 fully saturated rings. The van der Waals surface area contributed by atoms with Gasteiger partial charge in [-0.3, -0.25) is 19.5 Å². The second-order valence-corrected chi connectivity index (χ2v) is 7.48. The van der Waals surface area contributed by atoms with Crippen molar-refractivity contribution in [2.75, 3.05) is 6.61 Å². The lowest BCUT2D eigenvalue weighted by atomic mass is 10.1. The number of thiophene rings is 1. The number of nitrogens with zero attached hydrogens (tertiary/aromatic N) is 3. The van der Waals surface area contributed by atoms with Crippen molar-refractivity contribution in [2.24, 2.45) is 0 Å². The number of rotatable bonds is 7. The summed E-state index contributed by atoms with van der Waals surface area (Å²) in [6.45, 7) is -0.137. The standard InChI is InChI=1S/C21H17N3O5S/c25-16(11-29-17-8-4-7-15(9-17)24(27)28)10-23-13-22-20-19(21(23)26)18(12-30-20)14-5-2-1-3-6-14/h1-9,12-13,16,25H,10-11H2/t16-/m1/s1. The van der Waals surface area contributed by atoms with Crippen molar-refractivity contribution in [2.45, 2.75) is 12.6 Å². The molecule has 0 radical (unpaired) electrons. The molecule has 0 aliphatic heterocycles. The van der Waals surface area contributed by atoms with Gasteiger partial charge in [0, 0.05) is 17.0 Å². The fourth-order valence-electron chi connectivity index (χ4n) is 3.09. The van der Waals surface area contributed by atoms with E-state index in [1.54, 1.807) is 6.07 Å². The van der Waals surface area contributed by atoms with Crippen LogP contribution in [0.2, 0.25) is 0 Å². The van der Waals surface area contributed by atoms with E-state index < -0.39 is 11.0 Å². The van der Waals surface area contributed by atoms with Gasteiger partial charge in [0.05, 0.1) is 29.2 Å². The van der Waals surface area contributed by atoms with E-state index in [4.69, 9.17) is 4.74 Å². The van der Waals surface area contributed by atoms with Crippen LogP contribution in [0, 0.1) is 10.1 Å². The number of hydrogen-bond acceptors (Lipinski definition) is 7. The first-order valence-electron chi connectivity index (χ1n) is 9.10. The number of aliphatic hydroxyl groups excluding tert-OH is 1. The summed E-state index contributed by atoms with van der Waals surface area (Å²) in [6, 6.07) is 15.3. The third-order valence-corrected chi connectivity index (χ3v) is 5.41. The molecule has 0 spiro atoms. The number of ether oxygens (including phenoxy) is 1. The average Bonchev–Trinajstić information content (AvgIpc) is 3.20. The van der Waals surface area contributed by atoms with Gasteiger partial charge in [-0.2, -0.15) is 0 Å². The molecular formula is C21H17N3O5S. The van der Waals surface area contributed by atoms with Gasteiger partial charge in [-0.05, 0) is 11.6 Å². The zero-order chi connectivity index (χ0) is 21.1. The molecular weight excluding hydrogens is 406 g/mol. The molecule has 0 bridgehead atoms. The van der Waals surface area contributed by atoms with E-state index in [-0.39, 0.29) is 30.1 Å². The molecule has 2 aromatic heterocycles. The van der Waals surface area contributed by atoms with Crippen LogP contribution in [-0.4, -0.2) is 32.3 Å². The minimum atomic E-state index is -1.000. The molecule has 0 saturated carbocycles. The quantitative estimate of drug-likeness (QED) is 0.360. The van der Waals surface area contributed by atoms with Crippen LogP contribution in [0.25, 0.3) is 21.3 Å².